The van der Waals surface area contributed by atoms with Crippen LogP contribution in [-0.2, 0) is 9.53 Å². The fourth-order valence-electron chi connectivity index (χ4n) is 1.48. The van der Waals surface area contributed by atoms with Crippen LogP contribution in [0.4, 0.5) is 0 Å². The SMILES string of the molecule is CCCCOC(=O)/C(C#N)=C/C=C/N(CCC)CCO. The molecule has 0 heterocycles. The Kier molecular flexibility index (Phi) is 11.1. The van der Waals surface area contributed by atoms with Crippen LogP contribution in [0.5, 0.6) is 0 Å². The number of allylic oxidation sites excluding steroid dienone is 2. The van der Waals surface area contributed by atoms with E-state index >= 15 is 0 Å². The molecule has 0 amide bonds. The van der Waals surface area contributed by atoms with Gasteiger partial charge in [-0.15, -0.1) is 0 Å². The van der Waals surface area contributed by atoms with Crippen molar-refractivity contribution in [1.82, 2.24) is 4.90 Å². The number of ether oxygens (including phenoxy) is 1. The second-order valence-corrected chi connectivity index (χ2v) is 4.28. The molecule has 0 fully saturated rings. The van der Waals surface area contributed by atoms with E-state index in [-0.39, 0.29) is 12.2 Å². The maximum absolute atomic E-state index is 11.6. The van der Waals surface area contributed by atoms with Gasteiger partial charge in [0.15, 0.2) is 0 Å². The lowest BCUT2D eigenvalue weighted by atomic mass is 10.2. The molecular weight excluding hydrogens is 256 g/mol. The number of aliphatic hydroxyl groups is 1. The van der Waals surface area contributed by atoms with Crippen molar-refractivity contribution < 1.29 is 14.6 Å². The fraction of sp³-hybridized carbons (Fsp3) is 0.600. The third-order valence-corrected chi connectivity index (χ3v) is 2.53. The Balaban J connectivity index is 4.48. The third kappa shape index (κ3) is 8.33. The van der Waals surface area contributed by atoms with Gasteiger partial charge in [-0.25, -0.2) is 4.79 Å². The van der Waals surface area contributed by atoms with Crippen LogP contribution >= 0.6 is 0 Å². The van der Waals surface area contributed by atoms with Crippen molar-refractivity contribution >= 4 is 5.97 Å². The molecule has 1 N–H and O–H groups in total. The first-order chi connectivity index (χ1) is 9.69. The number of aliphatic hydroxyl groups excluding tert-OH is 1. The maximum atomic E-state index is 11.6. The smallest absolute Gasteiger partial charge is 0.348 e. The van der Waals surface area contributed by atoms with Crippen LogP contribution < -0.4 is 0 Å². The summed E-state index contributed by atoms with van der Waals surface area (Å²) in [6, 6.07) is 1.83. The van der Waals surface area contributed by atoms with Gasteiger partial charge in [-0.3, -0.25) is 0 Å². The topological polar surface area (TPSA) is 73.6 Å². The Labute approximate surface area is 121 Å². The van der Waals surface area contributed by atoms with Crippen LogP contribution in [-0.4, -0.2) is 42.3 Å². The van der Waals surface area contributed by atoms with Crippen LogP contribution in [0.3, 0.4) is 0 Å². The molecular formula is C15H24N2O3. The van der Waals surface area contributed by atoms with Crippen molar-refractivity contribution in [1.29, 1.82) is 5.26 Å². The summed E-state index contributed by atoms with van der Waals surface area (Å²) in [5.41, 5.74) is -0.0159. The predicted octanol–water partition coefficient (Wildman–Crippen LogP) is 2.00. The largest absolute Gasteiger partial charge is 0.462 e. The van der Waals surface area contributed by atoms with E-state index in [9.17, 15) is 4.79 Å². The summed E-state index contributed by atoms with van der Waals surface area (Å²) in [5.74, 6) is -0.588. The normalized spacial score (nSPS) is 11.4. The molecule has 0 radical (unpaired) electrons. The number of carbonyl (C=O) groups is 1. The fourth-order valence-corrected chi connectivity index (χ4v) is 1.48. The predicted molar refractivity (Wildman–Crippen MR) is 77.7 cm³/mol. The summed E-state index contributed by atoms with van der Waals surface area (Å²) in [4.78, 5) is 13.5. The molecule has 112 valence electrons. The molecule has 0 rings (SSSR count). The zero-order chi connectivity index (χ0) is 15.2. The molecule has 0 atom stereocenters. The Bertz CT molecular complexity index is 364. The Morgan fingerprint density at radius 1 is 1.35 bits per heavy atom. The second-order valence-electron chi connectivity index (χ2n) is 4.28. The molecule has 0 aromatic heterocycles. The lowest BCUT2D eigenvalue weighted by Crippen LogP contribution is -2.21. The van der Waals surface area contributed by atoms with Gasteiger partial charge in [0.1, 0.15) is 11.6 Å². The Morgan fingerprint density at radius 2 is 2.10 bits per heavy atom. The number of rotatable bonds is 10. The van der Waals surface area contributed by atoms with E-state index in [1.54, 1.807) is 12.3 Å². The van der Waals surface area contributed by atoms with Crippen molar-refractivity contribution in [2.75, 3.05) is 26.3 Å². The number of nitrogens with zero attached hydrogens (tertiary/aromatic N) is 2. The van der Waals surface area contributed by atoms with E-state index in [1.807, 2.05) is 24.8 Å². The Morgan fingerprint density at radius 3 is 2.65 bits per heavy atom. The number of nitriles is 1. The van der Waals surface area contributed by atoms with Gasteiger partial charge in [0.25, 0.3) is 0 Å². The van der Waals surface area contributed by atoms with Gasteiger partial charge in [0, 0.05) is 13.1 Å². The summed E-state index contributed by atoms with van der Waals surface area (Å²) in [6.07, 6.45) is 7.51. The van der Waals surface area contributed by atoms with Crippen LogP contribution in [0.25, 0.3) is 0 Å². The van der Waals surface area contributed by atoms with Gasteiger partial charge >= 0.3 is 5.97 Å². The summed E-state index contributed by atoms with van der Waals surface area (Å²) in [6.45, 7) is 5.79. The van der Waals surface area contributed by atoms with Gasteiger partial charge in [-0.2, -0.15) is 5.26 Å². The van der Waals surface area contributed by atoms with Gasteiger partial charge in [-0.1, -0.05) is 20.3 Å². The van der Waals surface area contributed by atoms with Crippen LogP contribution in [0, 0.1) is 11.3 Å². The molecule has 0 aromatic rings. The van der Waals surface area contributed by atoms with Gasteiger partial charge < -0.3 is 14.7 Å². The molecule has 0 aliphatic heterocycles. The number of carbonyl (C=O) groups excluding carboxylic acids is 1. The molecule has 0 saturated carbocycles. The van der Waals surface area contributed by atoms with Crippen molar-refractivity contribution in [2.45, 2.75) is 33.1 Å². The average molecular weight is 280 g/mol. The van der Waals surface area contributed by atoms with Crippen LogP contribution in [0.2, 0.25) is 0 Å². The molecule has 0 aromatic carbocycles. The van der Waals surface area contributed by atoms with E-state index in [0.717, 1.165) is 25.8 Å². The lowest BCUT2D eigenvalue weighted by molar-refractivity contribution is -0.138. The highest BCUT2D eigenvalue weighted by atomic mass is 16.5. The minimum Gasteiger partial charge on any atom is -0.462 e. The van der Waals surface area contributed by atoms with Crippen LogP contribution in [0.1, 0.15) is 33.1 Å². The molecule has 0 aliphatic carbocycles. The van der Waals surface area contributed by atoms with E-state index in [2.05, 4.69) is 0 Å². The summed E-state index contributed by atoms with van der Waals surface area (Å²) in [5, 5.41) is 17.8. The zero-order valence-electron chi connectivity index (χ0n) is 12.3. The number of hydrogen-bond acceptors (Lipinski definition) is 5. The standard InChI is InChI=1S/C15H24N2O3/c1-3-5-12-20-15(19)14(13-16)7-6-9-17(8-4-2)10-11-18/h6-7,9,18H,3-5,8,10-12H2,1-2H3/b9-6+,14-7+. The first-order valence-electron chi connectivity index (χ1n) is 7.00. The van der Waals surface area contributed by atoms with Crippen molar-refractivity contribution in [3.8, 4) is 6.07 Å². The molecule has 0 spiro atoms. The number of unbranched alkanes of at least 4 members (excludes halogenated alkanes) is 1. The summed E-state index contributed by atoms with van der Waals surface area (Å²) >= 11 is 0. The summed E-state index contributed by atoms with van der Waals surface area (Å²) < 4.78 is 4.97. The van der Waals surface area contributed by atoms with E-state index in [0.29, 0.717) is 13.2 Å². The average Bonchev–Trinajstić information content (AvgIpc) is 2.44. The number of hydrogen-bond donors (Lipinski definition) is 1. The monoisotopic (exact) mass is 280 g/mol. The quantitative estimate of drug-likeness (QED) is 0.218. The first kappa shape index (κ1) is 18.2. The van der Waals surface area contributed by atoms with Crippen molar-refractivity contribution in [2.24, 2.45) is 0 Å². The number of esters is 1. The van der Waals surface area contributed by atoms with Gasteiger partial charge in [0.05, 0.1) is 13.2 Å². The summed E-state index contributed by atoms with van der Waals surface area (Å²) in [7, 11) is 0. The molecule has 20 heavy (non-hydrogen) atoms. The highest BCUT2D eigenvalue weighted by Gasteiger charge is 2.08. The lowest BCUT2D eigenvalue weighted by Gasteiger charge is -2.17. The van der Waals surface area contributed by atoms with Crippen molar-refractivity contribution in [3.05, 3.63) is 23.9 Å². The molecule has 5 nitrogen and oxygen atoms in total. The second kappa shape index (κ2) is 12.2. The first-order valence-corrected chi connectivity index (χ1v) is 7.00. The highest BCUT2D eigenvalue weighted by molar-refractivity contribution is 5.93. The molecule has 5 heteroatoms. The molecule has 0 aliphatic rings. The minimum atomic E-state index is -0.588. The maximum Gasteiger partial charge on any atom is 0.348 e. The van der Waals surface area contributed by atoms with E-state index in [4.69, 9.17) is 15.1 Å². The van der Waals surface area contributed by atoms with Gasteiger partial charge in [0.2, 0.25) is 0 Å². The van der Waals surface area contributed by atoms with Crippen molar-refractivity contribution in [3.63, 3.8) is 0 Å². The van der Waals surface area contributed by atoms with Crippen LogP contribution in [0.15, 0.2) is 23.9 Å². The highest BCUT2D eigenvalue weighted by Crippen LogP contribution is 2.00. The van der Waals surface area contributed by atoms with Gasteiger partial charge in [-0.05, 0) is 31.2 Å². The Hall–Kier alpha value is -1.80. The molecule has 0 bridgehead atoms. The molecule has 0 unspecified atom stereocenters. The molecule has 0 saturated heterocycles. The zero-order valence-corrected chi connectivity index (χ0v) is 12.3. The van der Waals surface area contributed by atoms with E-state index < -0.39 is 5.97 Å². The van der Waals surface area contributed by atoms with E-state index in [1.165, 1.54) is 6.08 Å². The minimum absolute atomic E-state index is 0.0159. The third-order valence-electron chi connectivity index (χ3n) is 2.53.